The Morgan fingerprint density at radius 3 is 2.57 bits per heavy atom. The second-order valence-corrected chi connectivity index (χ2v) is 10.7. The number of pyridine rings is 1. The molecular formula is C31H37FN8O2. The van der Waals surface area contributed by atoms with E-state index in [-0.39, 0.29) is 18.0 Å². The minimum atomic E-state index is -0.487. The minimum Gasteiger partial charge on any atom is -0.385 e. The molecule has 1 fully saturated rings. The van der Waals surface area contributed by atoms with Crippen LogP contribution in [0.5, 0.6) is 0 Å². The molecule has 0 radical (unpaired) electrons. The van der Waals surface area contributed by atoms with Gasteiger partial charge in [0.15, 0.2) is 0 Å². The van der Waals surface area contributed by atoms with Crippen LogP contribution in [-0.2, 0) is 4.74 Å². The summed E-state index contributed by atoms with van der Waals surface area (Å²) >= 11 is 0. The largest absolute Gasteiger partial charge is 0.385 e. The molecule has 0 bridgehead atoms. The van der Waals surface area contributed by atoms with Gasteiger partial charge in [-0.05, 0) is 75.9 Å². The first-order chi connectivity index (χ1) is 20.4. The first kappa shape index (κ1) is 29.3. The molecule has 5 rings (SSSR count). The minimum absolute atomic E-state index is 0.0234. The number of amides is 2. The molecule has 1 unspecified atom stereocenters. The fourth-order valence-electron chi connectivity index (χ4n) is 5.87. The Labute approximate surface area is 245 Å². The highest BCUT2D eigenvalue weighted by Gasteiger charge is 2.39. The van der Waals surface area contributed by atoms with Gasteiger partial charge in [-0.25, -0.2) is 24.4 Å². The van der Waals surface area contributed by atoms with E-state index < -0.39 is 5.95 Å². The van der Waals surface area contributed by atoms with Crippen LogP contribution >= 0.6 is 0 Å². The number of para-hydroxylation sites is 1. The zero-order valence-corrected chi connectivity index (χ0v) is 24.4. The normalized spacial score (nSPS) is 18.7. The van der Waals surface area contributed by atoms with E-state index >= 15 is 0 Å². The average molecular weight is 573 g/mol. The molecule has 4 aromatic rings. The number of rotatable bonds is 10. The van der Waals surface area contributed by atoms with E-state index in [1.807, 2.05) is 50.2 Å². The number of urea groups is 1. The molecule has 10 nitrogen and oxygen atoms in total. The highest BCUT2D eigenvalue weighted by Crippen LogP contribution is 2.42. The summed E-state index contributed by atoms with van der Waals surface area (Å²) in [6.07, 6.45) is 7.54. The lowest BCUT2D eigenvalue weighted by atomic mass is 9.90. The number of aromatic nitrogens is 5. The van der Waals surface area contributed by atoms with Crippen LogP contribution in [0.15, 0.2) is 61.1 Å². The van der Waals surface area contributed by atoms with Gasteiger partial charge in [-0.3, -0.25) is 10.2 Å². The molecule has 1 saturated heterocycles. The van der Waals surface area contributed by atoms with Gasteiger partial charge in [-0.2, -0.15) is 9.49 Å². The zero-order chi connectivity index (χ0) is 29.6. The zero-order valence-electron chi connectivity index (χ0n) is 24.4. The number of nitrogens with one attached hydrogen (secondary N) is 2. The number of methoxy groups -OCH3 is 1. The Balaban J connectivity index is 1.30. The second-order valence-electron chi connectivity index (χ2n) is 10.7. The Morgan fingerprint density at radius 1 is 1.10 bits per heavy atom. The molecule has 1 aromatic carbocycles. The molecule has 0 saturated carbocycles. The molecular weight excluding hydrogens is 535 g/mol. The predicted octanol–water partition coefficient (Wildman–Crippen LogP) is 5.09. The van der Waals surface area contributed by atoms with Crippen LogP contribution in [0.3, 0.4) is 0 Å². The maximum Gasteiger partial charge on any atom is 0.320 e. The fourth-order valence-corrected chi connectivity index (χ4v) is 5.87. The highest BCUT2D eigenvalue weighted by molar-refractivity contribution is 5.90. The summed E-state index contributed by atoms with van der Waals surface area (Å²) in [6, 6.07) is 13.0. The topological polar surface area (TPSA) is 110 Å². The number of carbonyl (C=O) groups is 1. The molecule has 1 aliphatic rings. The van der Waals surface area contributed by atoms with Gasteiger partial charge in [-0.1, -0.05) is 18.2 Å². The quantitative estimate of drug-likeness (QED) is 0.255. The third-order valence-corrected chi connectivity index (χ3v) is 7.99. The van der Waals surface area contributed by atoms with Crippen molar-refractivity contribution in [2.45, 2.75) is 45.2 Å². The molecule has 42 heavy (non-hydrogen) atoms. The molecule has 2 amide bonds. The van der Waals surface area contributed by atoms with Gasteiger partial charge in [0.2, 0.25) is 5.95 Å². The maximum atomic E-state index is 14.0. The van der Waals surface area contributed by atoms with Crippen molar-refractivity contribution < 1.29 is 13.9 Å². The number of hydrogen-bond acceptors (Lipinski definition) is 7. The molecule has 0 aliphatic carbocycles. The van der Waals surface area contributed by atoms with Crippen molar-refractivity contribution in [2.75, 3.05) is 32.6 Å². The number of nitrogens with zero attached hydrogens (tertiary/aromatic N) is 6. The smallest absolute Gasteiger partial charge is 0.320 e. The Bertz CT molecular complexity index is 1490. The number of benzene rings is 1. The summed E-state index contributed by atoms with van der Waals surface area (Å²) in [5, 5.41) is 10.9. The summed E-state index contributed by atoms with van der Waals surface area (Å²) in [4.78, 5) is 27.9. The van der Waals surface area contributed by atoms with Crippen LogP contribution in [0.4, 0.5) is 15.0 Å². The third-order valence-electron chi connectivity index (χ3n) is 7.99. The van der Waals surface area contributed by atoms with E-state index in [9.17, 15) is 9.18 Å². The lowest BCUT2D eigenvalue weighted by Gasteiger charge is -2.28. The Kier molecular flexibility index (Phi) is 9.19. The van der Waals surface area contributed by atoms with E-state index in [2.05, 4.69) is 37.5 Å². The summed E-state index contributed by atoms with van der Waals surface area (Å²) < 4.78 is 21.1. The first-order valence-electron chi connectivity index (χ1n) is 14.2. The van der Waals surface area contributed by atoms with Crippen LogP contribution in [-0.4, -0.2) is 69.0 Å². The summed E-state index contributed by atoms with van der Waals surface area (Å²) in [7, 11) is 3.78. The van der Waals surface area contributed by atoms with Gasteiger partial charge >= 0.3 is 6.03 Å². The van der Waals surface area contributed by atoms with Crippen LogP contribution in [0.2, 0.25) is 0 Å². The number of carbonyl (C=O) groups excluding carboxylic acids is 1. The van der Waals surface area contributed by atoms with Gasteiger partial charge in [0.05, 0.1) is 5.69 Å². The molecule has 0 spiro atoms. The van der Waals surface area contributed by atoms with Crippen molar-refractivity contribution in [3.8, 4) is 16.9 Å². The van der Waals surface area contributed by atoms with Crippen LogP contribution in [0.1, 0.15) is 42.3 Å². The second kappa shape index (κ2) is 13.2. The van der Waals surface area contributed by atoms with Crippen molar-refractivity contribution >= 4 is 11.8 Å². The number of aryl methyl sites for hydroxylation is 1. The lowest BCUT2D eigenvalue weighted by Crippen LogP contribution is -2.32. The maximum absolute atomic E-state index is 14.0. The number of likely N-dealkylation sites (tertiary alicyclic amines) is 1. The number of hydrogen-bond donors (Lipinski definition) is 2. The van der Waals surface area contributed by atoms with Crippen molar-refractivity contribution in [2.24, 2.45) is 5.92 Å². The van der Waals surface area contributed by atoms with Crippen molar-refractivity contribution in [1.29, 1.82) is 0 Å². The molecule has 220 valence electrons. The number of ether oxygens (including phenoxy) is 1. The monoisotopic (exact) mass is 572 g/mol. The van der Waals surface area contributed by atoms with Crippen LogP contribution < -0.4 is 10.6 Å². The van der Waals surface area contributed by atoms with Gasteiger partial charge in [0, 0.05) is 62.1 Å². The molecule has 11 heteroatoms. The number of anilines is 1. The van der Waals surface area contributed by atoms with Crippen LogP contribution in [0.25, 0.3) is 16.9 Å². The standard InChI is InChI=1S/C31H37FN8O2/c1-20-28(24-18-35-21(2)36-19-24)38-40(25-8-6-5-7-9-25)30(20)37-31(41)34-14-11-22-16-26(12-15-42-4)39(3)29(22)23-10-13-33-27(32)17-23/h5-10,13,17-19,22,26,29H,11-12,14-16H2,1-4H3,(H2,34,37,41)/t22?,26-,29-/m1/s1. The van der Waals surface area contributed by atoms with Crippen molar-refractivity contribution in [3.05, 3.63) is 84.0 Å². The van der Waals surface area contributed by atoms with E-state index in [0.717, 1.165) is 41.6 Å². The van der Waals surface area contributed by atoms with E-state index in [0.29, 0.717) is 36.5 Å². The first-order valence-corrected chi connectivity index (χ1v) is 14.2. The van der Waals surface area contributed by atoms with E-state index in [1.165, 1.54) is 12.3 Å². The molecule has 3 aromatic heterocycles. The van der Waals surface area contributed by atoms with Gasteiger partial charge in [0.25, 0.3) is 0 Å². The molecule has 2 N–H and O–H groups in total. The average Bonchev–Trinajstić information content (AvgIpc) is 3.48. The SMILES string of the molecule is COCC[C@@H]1CC(CCNC(=O)Nc2c(C)c(-c3cnc(C)nc3)nn2-c2ccccc2)[C@H](c2ccnc(F)c2)N1C. The van der Waals surface area contributed by atoms with E-state index in [4.69, 9.17) is 9.84 Å². The van der Waals surface area contributed by atoms with Crippen molar-refractivity contribution in [3.63, 3.8) is 0 Å². The van der Waals surface area contributed by atoms with Crippen molar-refractivity contribution in [1.82, 2.24) is 34.9 Å². The lowest BCUT2D eigenvalue weighted by molar-refractivity contribution is 0.149. The Morgan fingerprint density at radius 2 is 1.86 bits per heavy atom. The summed E-state index contributed by atoms with van der Waals surface area (Å²) in [5.74, 6) is 0.981. The Hall–Kier alpha value is -4.22. The van der Waals surface area contributed by atoms with Gasteiger partial charge in [0.1, 0.15) is 17.3 Å². The number of halogens is 1. The summed E-state index contributed by atoms with van der Waals surface area (Å²) in [6.45, 7) is 4.87. The van der Waals surface area contributed by atoms with Gasteiger partial charge < -0.3 is 10.1 Å². The van der Waals surface area contributed by atoms with E-state index in [1.54, 1.807) is 24.2 Å². The molecule has 4 heterocycles. The predicted molar refractivity (Wildman–Crippen MR) is 159 cm³/mol. The highest BCUT2D eigenvalue weighted by atomic mass is 19.1. The fraction of sp³-hybridized carbons (Fsp3) is 0.387. The molecule has 3 atom stereocenters. The summed E-state index contributed by atoms with van der Waals surface area (Å²) in [5.41, 5.74) is 3.98. The third kappa shape index (κ3) is 6.47. The van der Waals surface area contributed by atoms with Crippen LogP contribution in [0, 0.1) is 25.7 Å². The molecule has 1 aliphatic heterocycles. The van der Waals surface area contributed by atoms with Gasteiger partial charge in [-0.15, -0.1) is 0 Å².